The molecule has 86 valence electrons. The van der Waals surface area contributed by atoms with E-state index in [4.69, 9.17) is 0 Å². The summed E-state index contributed by atoms with van der Waals surface area (Å²) in [6.45, 7) is 1.85. The first-order chi connectivity index (χ1) is 7.50. The Morgan fingerprint density at radius 2 is 1.88 bits per heavy atom. The Bertz CT molecular complexity index is 398. The van der Waals surface area contributed by atoms with Gasteiger partial charge in [-0.3, -0.25) is 0 Å². The van der Waals surface area contributed by atoms with Gasteiger partial charge in [-0.25, -0.2) is 0 Å². The normalized spacial score (nSPS) is 12.1. The van der Waals surface area contributed by atoms with Crippen LogP contribution in [0.1, 0.15) is 17.5 Å². The predicted molar refractivity (Wildman–Crippen MR) is 53.0 cm³/mol. The van der Waals surface area contributed by atoms with Crippen molar-refractivity contribution in [3.63, 3.8) is 0 Å². The topological polar surface area (TPSA) is 80.3 Å². The average molecular weight is 220 g/mol. The van der Waals surface area contributed by atoms with E-state index in [9.17, 15) is 19.8 Å². The van der Waals surface area contributed by atoms with Crippen molar-refractivity contribution in [3.05, 3.63) is 35.4 Å². The fourth-order valence-corrected chi connectivity index (χ4v) is 1.54. The van der Waals surface area contributed by atoms with E-state index in [0.717, 1.165) is 11.1 Å². The number of aryl methyl sites for hydroxylation is 1. The van der Waals surface area contributed by atoms with E-state index in [1.54, 1.807) is 12.1 Å². The van der Waals surface area contributed by atoms with Gasteiger partial charge in [-0.2, -0.15) is 0 Å². The zero-order valence-corrected chi connectivity index (χ0v) is 8.93. The summed E-state index contributed by atoms with van der Waals surface area (Å²) in [4.78, 5) is 21.1. The number of rotatable bonds is 5. The van der Waals surface area contributed by atoms with Crippen molar-refractivity contribution in [2.24, 2.45) is 5.92 Å². The number of carbonyl (C=O) groups excluding carboxylic acids is 2. The zero-order chi connectivity index (χ0) is 12.1. The van der Waals surface area contributed by atoms with Crippen molar-refractivity contribution >= 4 is 11.9 Å². The Kier molecular flexibility index (Phi) is 4.05. The molecule has 0 aromatic heterocycles. The van der Waals surface area contributed by atoms with Gasteiger partial charge in [0.2, 0.25) is 0 Å². The minimum atomic E-state index is -1.37. The molecule has 1 atom stereocenters. The Morgan fingerprint density at radius 3 is 2.38 bits per heavy atom. The van der Waals surface area contributed by atoms with Gasteiger partial charge in [-0.15, -0.1) is 0 Å². The van der Waals surface area contributed by atoms with Crippen LogP contribution in [0.5, 0.6) is 0 Å². The molecule has 0 aliphatic rings. The molecule has 0 spiro atoms. The van der Waals surface area contributed by atoms with Gasteiger partial charge in [-0.1, -0.05) is 24.3 Å². The molecule has 0 amide bonds. The molecule has 0 saturated carbocycles. The van der Waals surface area contributed by atoms with Gasteiger partial charge in [0.1, 0.15) is 0 Å². The van der Waals surface area contributed by atoms with Crippen molar-refractivity contribution in [3.8, 4) is 0 Å². The van der Waals surface area contributed by atoms with Crippen molar-refractivity contribution in [2.45, 2.75) is 19.8 Å². The Morgan fingerprint density at radius 1 is 1.25 bits per heavy atom. The summed E-state index contributed by atoms with van der Waals surface area (Å²) < 4.78 is 0. The molecule has 0 unspecified atom stereocenters. The van der Waals surface area contributed by atoms with Crippen LogP contribution in [0.2, 0.25) is 0 Å². The third-order valence-electron chi connectivity index (χ3n) is 2.47. The highest BCUT2D eigenvalue weighted by Crippen LogP contribution is 2.15. The molecule has 1 rings (SSSR count). The molecule has 0 saturated heterocycles. The van der Waals surface area contributed by atoms with Crippen LogP contribution in [0.15, 0.2) is 24.3 Å². The highest BCUT2D eigenvalue weighted by atomic mass is 16.4. The highest BCUT2D eigenvalue weighted by molar-refractivity contribution is 5.75. The number of carboxylic acids is 2. The first kappa shape index (κ1) is 12.2. The van der Waals surface area contributed by atoms with Gasteiger partial charge in [0.15, 0.2) is 0 Å². The zero-order valence-electron chi connectivity index (χ0n) is 8.93. The van der Waals surface area contributed by atoms with E-state index in [2.05, 4.69) is 0 Å². The summed E-state index contributed by atoms with van der Waals surface area (Å²) in [7, 11) is 0. The Hall–Kier alpha value is -1.84. The van der Waals surface area contributed by atoms with E-state index in [1.165, 1.54) is 0 Å². The maximum Gasteiger partial charge on any atom is 0.0452 e. The second kappa shape index (κ2) is 5.30. The summed E-state index contributed by atoms with van der Waals surface area (Å²) in [5, 5.41) is 21.1. The molecule has 0 radical (unpaired) electrons. The van der Waals surface area contributed by atoms with Crippen LogP contribution in [0.3, 0.4) is 0 Å². The van der Waals surface area contributed by atoms with Crippen LogP contribution in [-0.4, -0.2) is 11.9 Å². The Balaban J connectivity index is 2.80. The summed E-state index contributed by atoms with van der Waals surface area (Å²) in [5.74, 6) is -3.76. The number of carboxylic acid groups (broad SMARTS) is 2. The molecule has 0 fully saturated rings. The average Bonchev–Trinajstić information content (AvgIpc) is 2.19. The van der Waals surface area contributed by atoms with Crippen LogP contribution in [0, 0.1) is 12.8 Å². The molecule has 4 heteroatoms. The van der Waals surface area contributed by atoms with Crippen LogP contribution in [-0.2, 0) is 16.0 Å². The van der Waals surface area contributed by atoms with Gasteiger partial charge in [-0.05, 0) is 30.9 Å². The minimum Gasteiger partial charge on any atom is -0.550 e. The lowest BCUT2D eigenvalue weighted by molar-refractivity contribution is -0.320. The number of aliphatic carboxylic acids is 2. The Labute approximate surface area is 93.5 Å². The van der Waals surface area contributed by atoms with Gasteiger partial charge in [0.05, 0.1) is 0 Å². The van der Waals surface area contributed by atoms with E-state index in [-0.39, 0.29) is 6.42 Å². The lowest BCUT2D eigenvalue weighted by Gasteiger charge is -2.19. The molecule has 1 aromatic carbocycles. The third kappa shape index (κ3) is 3.38. The maximum absolute atomic E-state index is 10.7. The fourth-order valence-electron chi connectivity index (χ4n) is 1.54. The summed E-state index contributed by atoms with van der Waals surface area (Å²) >= 11 is 0. The van der Waals surface area contributed by atoms with E-state index < -0.39 is 24.3 Å². The standard InChI is InChI=1S/C12H14O4/c1-8-4-2-3-5-9(8)6-10(12(15)16)7-11(13)14/h2-5,10H,6-7H2,1H3,(H,13,14)(H,15,16)/p-2/t10-/m0/s1. The quantitative estimate of drug-likeness (QED) is 0.640. The predicted octanol–water partition coefficient (Wildman–Crippen LogP) is -0.956. The van der Waals surface area contributed by atoms with Gasteiger partial charge in [0, 0.05) is 17.9 Å². The third-order valence-corrected chi connectivity index (χ3v) is 2.47. The highest BCUT2D eigenvalue weighted by Gasteiger charge is 2.12. The number of hydrogen-bond donors (Lipinski definition) is 0. The molecule has 0 N–H and O–H groups in total. The lowest BCUT2D eigenvalue weighted by Crippen LogP contribution is -2.37. The van der Waals surface area contributed by atoms with Gasteiger partial charge >= 0.3 is 0 Å². The smallest absolute Gasteiger partial charge is 0.0452 e. The van der Waals surface area contributed by atoms with E-state index in [0.29, 0.717) is 0 Å². The summed E-state index contributed by atoms with van der Waals surface area (Å²) in [6, 6.07) is 7.25. The van der Waals surface area contributed by atoms with E-state index >= 15 is 0 Å². The van der Waals surface area contributed by atoms with Crippen molar-refractivity contribution < 1.29 is 19.8 Å². The molecule has 1 aromatic rings. The van der Waals surface area contributed by atoms with Crippen molar-refractivity contribution in [1.82, 2.24) is 0 Å². The van der Waals surface area contributed by atoms with Crippen molar-refractivity contribution in [2.75, 3.05) is 0 Å². The van der Waals surface area contributed by atoms with Crippen molar-refractivity contribution in [1.29, 1.82) is 0 Å². The molecule has 0 heterocycles. The largest absolute Gasteiger partial charge is 0.550 e. The summed E-state index contributed by atoms with van der Waals surface area (Å²) in [6.07, 6.45) is -0.361. The first-order valence-electron chi connectivity index (χ1n) is 4.96. The van der Waals surface area contributed by atoms with Crippen LogP contribution in [0.25, 0.3) is 0 Å². The summed E-state index contributed by atoms with van der Waals surface area (Å²) in [5.41, 5.74) is 1.75. The molecular formula is C12H12O4-2. The SMILES string of the molecule is Cc1ccccc1C[C@@H](CC(=O)[O-])C(=O)[O-]. The second-order valence-electron chi connectivity index (χ2n) is 3.72. The van der Waals surface area contributed by atoms with Crippen LogP contribution >= 0.6 is 0 Å². The van der Waals surface area contributed by atoms with Gasteiger partial charge in [0.25, 0.3) is 0 Å². The monoisotopic (exact) mass is 220 g/mol. The molecule has 0 aliphatic carbocycles. The molecule has 16 heavy (non-hydrogen) atoms. The fraction of sp³-hybridized carbons (Fsp3) is 0.333. The number of benzene rings is 1. The lowest BCUT2D eigenvalue weighted by atomic mass is 9.94. The van der Waals surface area contributed by atoms with Crippen LogP contribution in [0.4, 0.5) is 0 Å². The van der Waals surface area contributed by atoms with Gasteiger partial charge < -0.3 is 19.8 Å². The molecule has 0 aliphatic heterocycles. The number of carbonyl (C=O) groups is 2. The second-order valence-corrected chi connectivity index (χ2v) is 3.72. The van der Waals surface area contributed by atoms with Crippen LogP contribution < -0.4 is 10.2 Å². The van der Waals surface area contributed by atoms with E-state index in [1.807, 2.05) is 19.1 Å². The number of hydrogen-bond acceptors (Lipinski definition) is 4. The maximum atomic E-state index is 10.7. The molecular weight excluding hydrogens is 208 g/mol. The molecule has 0 bridgehead atoms. The minimum absolute atomic E-state index is 0.156. The first-order valence-corrected chi connectivity index (χ1v) is 4.96. The molecule has 4 nitrogen and oxygen atoms in total.